The van der Waals surface area contributed by atoms with E-state index in [2.05, 4.69) is 10.1 Å². The molecular weight excluding hydrogens is 235 g/mol. The highest BCUT2D eigenvalue weighted by Crippen LogP contribution is 2.28. The molecule has 0 spiro atoms. The van der Waals surface area contributed by atoms with Crippen molar-refractivity contribution < 1.29 is 13.2 Å². The molecular formula is C9H12F3N5. The van der Waals surface area contributed by atoms with Crippen LogP contribution in [0.3, 0.4) is 0 Å². The normalized spacial score (nSPS) is 14.7. The largest absolute Gasteiger partial charge is 0.417 e. The van der Waals surface area contributed by atoms with Crippen LogP contribution in [-0.4, -0.2) is 10.8 Å². The third-order valence-corrected chi connectivity index (χ3v) is 2.09. The van der Waals surface area contributed by atoms with E-state index in [1.165, 1.54) is 6.07 Å². The molecule has 94 valence electrons. The van der Waals surface area contributed by atoms with E-state index in [1.54, 1.807) is 0 Å². The molecule has 6 N–H and O–H groups in total. The molecule has 0 amide bonds. The van der Waals surface area contributed by atoms with Crippen LogP contribution in [0.15, 0.2) is 23.4 Å². The van der Waals surface area contributed by atoms with Crippen molar-refractivity contribution in [3.63, 3.8) is 0 Å². The van der Waals surface area contributed by atoms with E-state index in [0.29, 0.717) is 5.69 Å². The Morgan fingerprint density at radius 1 is 1.41 bits per heavy atom. The second-order valence-corrected chi connectivity index (χ2v) is 3.40. The maximum atomic E-state index is 12.3. The summed E-state index contributed by atoms with van der Waals surface area (Å²) in [6.45, 7) is 0. The number of alkyl halides is 3. The first-order valence-electron chi connectivity index (χ1n) is 4.65. The van der Waals surface area contributed by atoms with Gasteiger partial charge in [0.1, 0.15) is 5.84 Å². The van der Waals surface area contributed by atoms with E-state index in [0.717, 1.165) is 12.3 Å². The third-order valence-electron chi connectivity index (χ3n) is 2.09. The number of rotatable bonds is 3. The van der Waals surface area contributed by atoms with Gasteiger partial charge in [-0.2, -0.15) is 18.3 Å². The molecule has 1 aromatic heterocycles. The minimum atomic E-state index is -4.41. The second-order valence-electron chi connectivity index (χ2n) is 3.40. The molecule has 1 atom stereocenters. The van der Waals surface area contributed by atoms with Gasteiger partial charge in [0, 0.05) is 12.6 Å². The van der Waals surface area contributed by atoms with E-state index >= 15 is 0 Å². The Hall–Kier alpha value is -1.83. The van der Waals surface area contributed by atoms with Gasteiger partial charge in [0.15, 0.2) is 0 Å². The topological polar surface area (TPSA) is 103 Å². The minimum absolute atomic E-state index is 0.110. The van der Waals surface area contributed by atoms with Gasteiger partial charge in [0.05, 0.1) is 17.3 Å². The van der Waals surface area contributed by atoms with Gasteiger partial charge in [0.25, 0.3) is 0 Å². The summed E-state index contributed by atoms with van der Waals surface area (Å²) in [4.78, 5) is 3.64. The molecule has 17 heavy (non-hydrogen) atoms. The number of amidine groups is 1. The average Bonchev–Trinajstić information content (AvgIpc) is 2.27. The van der Waals surface area contributed by atoms with Crippen LogP contribution in [0.1, 0.15) is 23.7 Å². The summed E-state index contributed by atoms with van der Waals surface area (Å²) in [5.41, 5.74) is 10.5. The summed E-state index contributed by atoms with van der Waals surface area (Å²) < 4.78 is 36.8. The van der Waals surface area contributed by atoms with Crippen LogP contribution in [0, 0.1) is 0 Å². The van der Waals surface area contributed by atoms with Crippen molar-refractivity contribution in [1.82, 2.24) is 4.98 Å². The van der Waals surface area contributed by atoms with Crippen LogP contribution in [0.5, 0.6) is 0 Å². The lowest BCUT2D eigenvalue weighted by Gasteiger charge is -2.11. The van der Waals surface area contributed by atoms with Gasteiger partial charge in [-0.05, 0) is 12.1 Å². The van der Waals surface area contributed by atoms with E-state index < -0.39 is 17.8 Å². The highest BCUT2D eigenvalue weighted by Gasteiger charge is 2.30. The molecule has 8 heteroatoms. The molecule has 0 saturated heterocycles. The summed E-state index contributed by atoms with van der Waals surface area (Å²) in [6.07, 6.45) is -3.55. The summed E-state index contributed by atoms with van der Waals surface area (Å²) >= 11 is 0. The quantitative estimate of drug-likeness (QED) is 0.317. The number of nitrogens with two attached hydrogens (primary N) is 3. The first-order valence-corrected chi connectivity index (χ1v) is 4.65. The lowest BCUT2D eigenvalue weighted by molar-refractivity contribution is -0.137. The smallest absolute Gasteiger partial charge is 0.386 e. The maximum Gasteiger partial charge on any atom is 0.417 e. The Morgan fingerprint density at radius 3 is 2.47 bits per heavy atom. The Balaban J connectivity index is 2.81. The van der Waals surface area contributed by atoms with Crippen molar-refractivity contribution in [1.29, 1.82) is 0 Å². The van der Waals surface area contributed by atoms with Crippen molar-refractivity contribution in [2.75, 3.05) is 0 Å². The highest BCUT2D eigenvalue weighted by molar-refractivity contribution is 5.80. The van der Waals surface area contributed by atoms with Crippen molar-refractivity contribution in [2.45, 2.75) is 18.6 Å². The monoisotopic (exact) mass is 247 g/mol. The van der Waals surface area contributed by atoms with Gasteiger partial charge >= 0.3 is 6.18 Å². The zero-order chi connectivity index (χ0) is 13.1. The summed E-state index contributed by atoms with van der Waals surface area (Å²) in [5.74, 6) is 5.03. The lowest BCUT2D eigenvalue weighted by Crippen LogP contribution is -2.23. The van der Waals surface area contributed by atoms with E-state index in [9.17, 15) is 13.2 Å². The van der Waals surface area contributed by atoms with Crippen LogP contribution < -0.4 is 17.3 Å². The molecule has 0 saturated carbocycles. The number of pyridine rings is 1. The van der Waals surface area contributed by atoms with Gasteiger partial charge in [-0.25, -0.2) is 0 Å². The molecule has 0 aliphatic heterocycles. The summed E-state index contributed by atoms with van der Waals surface area (Å²) in [7, 11) is 0. The van der Waals surface area contributed by atoms with Gasteiger partial charge < -0.3 is 17.3 Å². The number of halogens is 3. The van der Waals surface area contributed by atoms with Crippen molar-refractivity contribution >= 4 is 5.84 Å². The molecule has 0 aliphatic rings. The number of hydrogen-bond donors (Lipinski definition) is 3. The van der Waals surface area contributed by atoms with Gasteiger partial charge in [-0.3, -0.25) is 4.98 Å². The molecule has 0 aromatic carbocycles. The standard InChI is InChI=1S/C9H12F3N5/c10-9(11,12)5-1-2-7(16-4-5)6(13)3-8(14)17-15/h1-2,4,6H,3,13,15H2,(H2,14,17). The van der Waals surface area contributed by atoms with E-state index in [-0.39, 0.29) is 12.3 Å². The van der Waals surface area contributed by atoms with Crippen molar-refractivity contribution in [2.24, 2.45) is 22.4 Å². The molecule has 1 aromatic rings. The summed E-state index contributed by atoms with van der Waals surface area (Å²) in [5, 5.41) is 3.22. The number of aromatic nitrogens is 1. The lowest BCUT2D eigenvalue weighted by atomic mass is 10.1. The zero-order valence-electron chi connectivity index (χ0n) is 8.78. The fourth-order valence-electron chi connectivity index (χ4n) is 1.17. The second kappa shape index (κ2) is 5.00. The molecule has 5 nitrogen and oxygen atoms in total. The van der Waals surface area contributed by atoms with Crippen LogP contribution in [-0.2, 0) is 6.18 Å². The first kappa shape index (κ1) is 13.2. The zero-order valence-corrected chi connectivity index (χ0v) is 8.78. The molecule has 0 aliphatic carbocycles. The molecule has 1 heterocycles. The van der Waals surface area contributed by atoms with Gasteiger partial charge in [0.2, 0.25) is 0 Å². The molecule has 0 fully saturated rings. The predicted octanol–water partition coefficient (Wildman–Crippen LogP) is 0.721. The average molecular weight is 247 g/mol. The Bertz CT molecular complexity index is 398. The molecule has 1 unspecified atom stereocenters. The maximum absolute atomic E-state index is 12.3. The van der Waals surface area contributed by atoms with Crippen molar-refractivity contribution in [3.05, 3.63) is 29.6 Å². The Labute approximate surface area is 95.5 Å². The Morgan fingerprint density at radius 2 is 2.06 bits per heavy atom. The Kier molecular flexibility index (Phi) is 3.89. The van der Waals surface area contributed by atoms with Crippen LogP contribution in [0.4, 0.5) is 13.2 Å². The first-order chi connectivity index (χ1) is 7.84. The molecule has 0 radical (unpaired) electrons. The van der Waals surface area contributed by atoms with Gasteiger partial charge in [-0.15, -0.1) is 0 Å². The van der Waals surface area contributed by atoms with E-state index in [1.807, 2.05) is 0 Å². The minimum Gasteiger partial charge on any atom is -0.386 e. The summed E-state index contributed by atoms with van der Waals surface area (Å²) in [6, 6.07) is 1.49. The third kappa shape index (κ3) is 3.59. The van der Waals surface area contributed by atoms with E-state index in [4.69, 9.17) is 17.3 Å². The fourth-order valence-corrected chi connectivity index (χ4v) is 1.17. The highest BCUT2D eigenvalue weighted by atomic mass is 19.4. The number of hydrazone groups is 1. The van der Waals surface area contributed by atoms with Crippen LogP contribution >= 0.6 is 0 Å². The number of hydrogen-bond acceptors (Lipinski definition) is 4. The van der Waals surface area contributed by atoms with Crippen LogP contribution in [0.25, 0.3) is 0 Å². The van der Waals surface area contributed by atoms with Gasteiger partial charge in [-0.1, -0.05) is 0 Å². The fraction of sp³-hybridized carbons (Fsp3) is 0.333. The SMILES string of the molecule is NN=C(N)CC(N)c1ccc(C(F)(F)F)cn1. The molecule has 0 bridgehead atoms. The molecule has 1 rings (SSSR count). The predicted molar refractivity (Wildman–Crippen MR) is 56.6 cm³/mol. The van der Waals surface area contributed by atoms with Crippen molar-refractivity contribution in [3.8, 4) is 0 Å². The number of nitrogens with zero attached hydrogens (tertiary/aromatic N) is 2. The van der Waals surface area contributed by atoms with Crippen LogP contribution in [0.2, 0.25) is 0 Å².